The molecule has 0 aliphatic carbocycles. The highest BCUT2D eigenvalue weighted by Crippen LogP contribution is 2.16. The molecule has 1 atom stereocenters. The lowest BCUT2D eigenvalue weighted by Gasteiger charge is -2.17. The smallest absolute Gasteiger partial charge is 0.141 e. The number of ketones is 1. The highest BCUT2D eigenvalue weighted by Gasteiger charge is 2.21. The highest BCUT2D eigenvalue weighted by molar-refractivity contribution is 5.84. The van der Waals surface area contributed by atoms with E-state index in [4.69, 9.17) is 11.5 Å². The van der Waals surface area contributed by atoms with Crippen LogP contribution in [-0.4, -0.2) is 17.3 Å². The number of nitrogen functional groups attached to an aromatic ring is 1. The Bertz CT molecular complexity index is 363. The van der Waals surface area contributed by atoms with Crippen LogP contribution in [0.25, 0.3) is 0 Å². The van der Waals surface area contributed by atoms with Crippen LogP contribution in [0, 0.1) is 11.8 Å². The molecule has 0 fully saturated rings. The van der Waals surface area contributed by atoms with E-state index in [2.05, 4.69) is 4.98 Å². The Morgan fingerprint density at radius 1 is 1.50 bits per heavy atom. The van der Waals surface area contributed by atoms with Gasteiger partial charge in [-0.3, -0.25) is 4.79 Å². The molecule has 16 heavy (non-hydrogen) atoms. The molecule has 0 amide bonds. The van der Waals surface area contributed by atoms with Crippen LogP contribution in [0.15, 0.2) is 18.3 Å². The van der Waals surface area contributed by atoms with Crippen LogP contribution < -0.4 is 11.5 Å². The molecule has 0 saturated heterocycles. The molecule has 4 heteroatoms. The van der Waals surface area contributed by atoms with Gasteiger partial charge in [0.05, 0.1) is 0 Å². The molecule has 1 aromatic heterocycles. The average Bonchev–Trinajstić information content (AvgIpc) is 2.22. The standard InChI is InChI=1S/C12H19N3O/c1-8(2)10(7-13)11(16)6-9-4-3-5-15-12(9)14/h3-5,8,10H,6-7,13H2,1-2H3,(H2,14,15). The summed E-state index contributed by atoms with van der Waals surface area (Å²) < 4.78 is 0. The quantitative estimate of drug-likeness (QED) is 0.777. The van der Waals surface area contributed by atoms with Gasteiger partial charge < -0.3 is 11.5 Å². The Kier molecular flexibility index (Phi) is 4.43. The van der Waals surface area contributed by atoms with Crippen LogP contribution in [-0.2, 0) is 11.2 Å². The molecule has 4 nitrogen and oxygen atoms in total. The fraction of sp³-hybridized carbons (Fsp3) is 0.500. The molecule has 4 N–H and O–H groups in total. The number of rotatable bonds is 5. The third-order valence-corrected chi connectivity index (χ3v) is 2.76. The third kappa shape index (κ3) is 3.03. The second-order valence-corrected chi connectivity index (χ2v) is 4.28. The zero-order chi connectivity index (χ0) is 12.1. The summed E-state index contributed by atoms with van der Waals surface area (Å²) in [5.74, 6) is 0.725. The molecule has 0 radical (unpaired) electrons. The summed E-state index contributed by atoms with van der Waals surface area (Å²) >= 11 is 0. The Balaban J connectivity index is 2.74. The van der Waals surface area contributed by atoms with E-state index in [0.29, 0.717) is 18.8 Å². The zero-order valence-corrected chi connectivity index (χ0v) is 9.81. The maximum absolute atomic E-state index is 12.0. The number of anilines is 1. The van der Waals surface area contributed by atoms with Crippen LogP contribution in [0.4, 0.5) is 5.82 Å². The molecule has 0 bridgehead atoms. The first-order chi connectivity index (χ1) is 7.56. The Labute approximate surface area is 96.0 Å². The van der Waals surface area contributed by atoms with Crippen molar-refractivity contribution in [1.29, 1.82) is 0 Å². The van der Waals surface area contributed by atoms with Crippen molar-refractivity contribution in [2.45, 2.75) is 20.3 Å². The summed E-state index contributed by atoms with van der Waals surface area (Å²) in [6, 6.07) is 3.61. The first-order valence-electron chi connectivity index (χ1n) is 5.48. The van der Waals surface area contributed by atoms with E-state index in [1.165, 1.54) is 0 Å². The number of pyridine rings is 1. The molecular weight excluding hydrogens is 202 g/mol. The molecule has 0 aliphatic rings. The maximum atomic E-state index is 12.0. The number of carbonyl (C=O) groups excluding carboxylic acids is 1. The topological polar surface area (TPSA) is 82.0 Å². The summed E-state index contributed by atoms with van der Waals surface area (Å²) in [5, 5.41) is 0. The molecule has 0 aromatic carbocycles. The first-order valence-corrected chi connectivity index (χ1v) is 5.48. The average molecular weight is 221 g/mol. The van der Waals surface area contributed by atoms with Gasteiger partial charge in [0.2, 0.25) is 0 Å². The molecule has 0 aliphatic heterocycles. The molecule has 0 saturated carbocycles. The lowest BCUT2D eigenvalue weighted by Crippen LogP contribution is -2.29. The predicted molar refractivity (Wildman–Crippen MR) is 64.7 cm³/mol. The Morgan fingerprint density at radius 3 is 2.69 bits per heavy atom. The van der Waals surface area contributed by atoms with E-state index < -0.39 is 0 Å². The lowest BCUT2D eigenvalue weighted by molar-refractivity contribution is -0.123. The summed E-state index contributed by atoms with van der Waals surface area (Å²) in [7, 11) is 0. The van der Waals surface area contributed by atoms with Crippen molar-refractivity contribution in [2.75, 3.05) is 12.3 Å². The van der Waals surface area contributed by atoms with Crippen molar-refractivity contribution in [2.24, 2.45) is 17.6 Å². The molecule has 1 heterocycles. The van der Waals surface area contributed by atoms with Crippen LogP contribution in [0.5, 0.6) is 0 Å². The van der Waals surface area contributed by atoms with Gasteiger partial charge in [-0.25, -0.2) is 4.98 Å². The molecule has 1 aromatic rings. The van der Waals surface area contributed by atoms with E-state index in [1.54, 1.807) is 12.3 Å². The number of hydrogen-bond donors (Lipinski definition) is 2. The van der Waals surface area contributed by atoms with Crippen molar-refractivity contribution in [1.82, 2.24) is 4.98 Å². The van der Waals surface area contributed by atoms with E-state index in [1.807, 2.05) is 19.9 Å². The van der Waals surface area contributed by atoms with Crippen LogP contribution in [0.3, 0.4) is 0 Å². The Hall–Kier alpha value is -1.42. The molecule has 0 spiro atoms. The van der Waals surface area contributed by atoms with Gasteiger partial charge in [-0.05, 0) is 12.0 Å². The number of hydrogen-bond acceptors (Lipinski definition) is 4. The second kappa shape index (κ2) is 5.61. The third-order valence-electron chi connectivity index (χ3n) is 2.76. The molecule has 1 rings (SSSR count). The summed E-state index contributed by atoms with van der Waals surface area (Å²) in [4.78, 5) is 15.9. The second-order valence-electron chi connectivity index (χ2n) is 4.28. The van der Waals surface area contributed by atoms with E-state index in [9.17, 15) is 4.79 Å². The van der Waals surface area contributed by atoms with Crippen molar-refractivity contribution in [3.05, 3.63) is 23.9 Å². The molecule has 88 valence electrons. The minimum Gasteiger partial charge on any atom is -0.383 e. The van der Waals surface area contributed by atoms with E-state index >= 15 is 0 Å². The Morgan fingerprint density at radius 2 is 2.19 bits per heavy atom. The minimum atomic E-state index is -0.0976. The number of nitrogens with zero attached hydrogens (tertiary/aromatic N) is 1. The van der Waals surface area contributed by atoms with Crippen molar-refractivity contribution in [3.63, 3.8) is 0 Å². The summed E-state index contributed by atoms with van der Waals surface area (Å²) in [5.41, 5.74) is 12.1. The fourth-order valence-corrected chi connectivity index (χ4v) is 1.69. The van der Waals surface area contributed by atoms with Gasteiger partial charge in [0.15, 0.2) is 0 Å². The van der Waals surface area contributed by atoms with Crippen LogP contribution >= 0.6 is 0 Å². The number of aromatic nitrogens is 1. The monoisotopic (exact) mass is 221 g/mol. The van der Waals surface area contributed by atoms with Gasteiger partial charge in [0.25, 0.3) is 0 Å². The molecule has 1 unspecified atom stereocenters. The minimum absolute atomic E-state index is 0.0976. The van der Waals surface area contributed by atoms with Gasteiger partial charge in [-0.2, -0.15) is 0 Å². The number of nitrogens with two attached hydrogens (primary N) is 2. The molecular formula is C12H19N3O. The maximum Gasteiger partial charge on any atom is 0.141 e. The van der Waals surface area contributed by atoms with Gasteiger partial charge in [0, 0.05) is 30.6 Å². The predicted octanol–water partition coefficient (Wildman–Crippen LogP) is 1.01. The summed E-state index contributed by atoms with van der Waals surface area (Å²) in [6.07, 6.45) is 1.94. The van der Waals surface area contributed by atoms with Crippen molar-refractivity contribution >= 4 is 11.6 Å². The van der Waals surface area contributed by atoms with Crippen LogP contribution in [0.1, 0.15) is 19.4 Å². The number of Topliss-reactive ketones (excluding diaryl/α,β-unsaturated/α-hetero) is 1. The van der Waals surface area contributed by atoms with E-state index in [-0.39, 0.29) is 17.6 Å². The highest BCUT2D eigenvalue weighted by atomic mass is 16.1. The normalized spacial score (nSPS) is 12.8. The fourth-order valence-electron chi connectivity index (χ4n) is 1.69. The summed E-state index contributed by atoms with van der Waals surface area (Å²) in [6.45, 7) is 4.39. The lowest BCUT2D eigenvalue weighted by atomic mass is 9.88. The first kappa shape index (κ1) is 12.6. The van der Waals surface area contributed by atoms with Gasteiger partial charge >= 0.3 is 0 Å². The number of carbonyl (C=O) groups is 1. The van der Waals surface area contributed by atoms with Gasteiger partial charge in [0.1, 0.15) is 11.6 Å². The van der Waals surface area contributed by atoms with Gasteiger partial charge in [-0.1, -0.05) is 19.9 Å². The van der Waals surface area contributed by atoms with Crippen molar-refractivity contribution < 1.29 is 4.79 Å². The van der Waals surface area contributed by atoms with E-state index in [0.717, 1.165) is 5.56 Å². The zero-order valence-electron chi connectivity index (χ0n) is 9.81. The van der Waals surface area contributed by atoms with Gasteiger partial charge in [-0.15, -0.1) is 0 Å². The van der Waals surface area contributed by atoms with Crippen LogP contribution in [0.2, 0.25) is 0 Å². The SMILES string of the molecule is CC(C)C(CN)C(=O)Cc1cccnc1N. The largest absolute Gasteiger partial charge is 0.383 e. The van der Waals surface area contributed by atoms with Crippen molar-refractivity contribution in [3.8, 4) is 0 Å².